The van der Waals surface area contributed by atoms with E-state index in [1.165, 1.54) is 11.8 Å². The maximum absolute atomic E-state index is 11.8. The van der Waals surface area contributed by atoms with Crippen molar-refractivity contribution in [3.63, 3.8) is 0 Å². The minimum atomic E-state index is -0.215. The molecule has 0 aliphatic carbocycles. The van der Waals surface area contributed by atoms with Crippen LogP contribution in [0.3, 0.4) is 0 Å². The Morgan fingerprint density at radius 1 is 1.25 bits per heavy atom. The Labute approximate surface area is 146 Å². The normalized spacial score (nSPS) is 11.3. The Balaban J connectivity index is 1.85. The van der Waals surface area contributed by atoms with Crippen LogP contribution in [-0.4, -0.2) is 34.0 Å². The number of aromatic nitrogens is 2. The third-order valence-corrected chi connectivity index (χ3v) is 3.71. The topological polar surface area (TPSA) is 77.2 Å². The van der Waals surface area contributed by atoms with Crippen LogP contribution in [0.2, 0.25) is 0 Å². The Hall–Kier alpha value is -2.02. The molecular formula is C17H23N3O3S. The zero-order chi connectivity index (χ0) is 17.6. The molecule has 0 saturated carbocycles. The molecule has 0 atom stereocenters. The summed E-state index contributed by atoms with van der Waals surface area (Å²) in [6, 6.07) is 7.49. The minimum Gasteiger partial charge on any atom is -0.494 e. The van der Waals surface area contributed by atoms with E-state index >= 15 is 0 Å². The molecule has 1 aromatic carbocycles. The van der Waals surface area contributed by atoms with E-state index < -0.39 is 0 Å². The fourth-order valence-corrected chi connectivity index (χ4v) is 2.66. The summed E-state index contributed by atoms with van der Waals surface area (Å²) in [5.41, 5.74) is 0.621. The van der Waals surface area contributed by atoms with Gasteiger partial charge in [-0.1, -0.05) is 11.8 Å². The van der Waals surface area contributed by atoms with Gasteiger partial charge in [-0.05, 0) is 52.0 Å². The van der Waals surface area contributed by atoms with Gasteiger partial charge in [0.1, 0.15) is 5.75 Å². The number of hydrogen-bond donors (Lipinski definition) is 1. The monoisotopic (exact) mass is 349 g/mol. The van der Waals surface area contributed by atoms with Crippen molar-refractivity contribution < 1.29 is 13.9 Å². The summed E-state index contributed by atoms with van der Waals surface area (Å²) < 4.78 is 11.0. The number of hydrogen-bond acceptors (Lipinski definition) is 6. The van der Waals surface area contributed by atoms with Crippen LogP contribution < -0.4 is 10.1 Å². The maximum Gasteiger partial charge on any atom is 0.276 e. The Morgan fingerprint density at radius 2 is 1.96 bits per heavy atom. The number of nitrogens with zero attached hydrogens (tertiary/aromatic N) is 2. The van der Waals surface area contributed by atoms with E-state index in [1.54, 1.807) is 0 Å². The molecule has 0 bridgehead atoms. The largest absolute Gasteiger partial charge is 0.494 e. The van der Waals surface area contributed by atoms with Crippen LogP contribution in [0.25, 0.3) is 11.5 Å². The zero-order valence-electron chi connectivity index (χ0n) is 14.5. The van der Waals surface area contributed by atoms with Crippen LogP contribution in [0.5, 0.6) is 5.75 Å². The second-order valence-corrected chi connectivity index (χ2v) is 7.27. The van der Waals surface area contributed by atoms with Gasteiger partial charge in [-0.3, -0.25) is 4.79 Å². The molecule has 1 aromatic heterocycles. The van der Waals surface area contributed by atoms with E-state index in [0.717, 1.165) is 11.3 Å². The number of rotatable bonds is 7. The predicted molar refractivity (Wildman–Crippen MR) is 94.1 cm³/mol. The average Bonchev–Trinajstić information content (AvgIpc) is 2.95. The first-order chi connectivity index (χ1) is 11.4. The van der Waals surface area contributed by atoms with Gasteiger partial charge in [0.25, 0.3) is 5.22 Å². The number of amides is 1. The first kappa shape index (κ1) is 18.3. The lowest BCUT2D eigenvalue weighted by Gasteiger charge is -2.20. The van der Waals surface area contributed by atoms with Crippen LogP contribution in [0, 0.1) is 0 Å². The molecule has 0 radical (unpaired) electrons. The molecular weight excluding hydrogens is 326 g/mol. The van der Waals surface area contributed by atoms with Crippen molar-refractivity contribution in [3.05, 3.63) is 24.3 Å². The summed E-state index contributed by atoms with van der Waals surface area (Å²) >= 11 is 1.38. The second kappa shape index (κ2) is 8.19. The molecule has 130 valence electrons. The molecule has 1 heterocycles. The lowest BCUT2D eigenvalue weighted by Crippen LogP contribution is -2.40. The van der Waals surface area contributed by atoms with Crippen molar-refractivity contribution in [2.75, 3.05) is 12.4 Å². The molecule has 2 rings (SSSR count). The lowest BCUT2D eigenvalue weighted by atomic mass is 10.1. The van der Waals surface area contributed by atoms with E-state index in [0.29, 0.717) is 29.9 Å². The van der Waals surface area contributed by atoms with Gasteiger partial charge in [-0.2, -0.15) is 0 Å². The van der Waals surface area contributed by atoms with Crippen molar-refractivity contribution >= 4 is 17.7 Å². The van der Waals surface area contributed by atoms with Gasteiger partial charge in [-0.25, -0.2) is 0 Å². The van der Waals surface area contributed by atoms with Crippen LogP contribution >= 0.6 is 11.8 Å². The molecule has 7 heteroatoms. The maximum atomic E-state index is 11.8. The highest BCUT2D eigenvalue weighted by Gasteiger charge is 2.14. The smallest absolute Gasteiger partial charge is 0.276 e. The van der Waals surface area contributed by atoms with Gasteiger partial charge in [0, 0.05) is 23.3 Å². The molecule has 0 saturated heterocycles. The van der Waals surface area contributed by atoms with Gasteiger partial charge in [0.15, 0.2) is 0 Å². The highest BCUT2D eigenvalue weighted by atomic mass is 32.2. The van der Waals surface area contributed by atoms with Gasteiger partial charge in [-0.15, -0.1) is 10.2 Å². The standard InChI is InChI=1S/C17H23N3O3S/c1-5-22-13-8-6-12(7-9-13)15-19-20-16(23-15)24-11-10-14(21)18-17(2,3)4/h6-9H,5,10-11H2,1-4H3,(H,18,21). The number of nitrogens with one attached hydrogen (secondary N) is 1. The molecule has 0 fully saturated rings. The van der Waals surface area contributed by atoms with Crippen molar-refractivity contribution in [3.8, 4) is 17.2 Å². The van der Waals surface area contributed by atoms with E-state index in [-0.39, 0.29) is 11.4 Å². The van der Waals surface area contributed by atoms with E-state index in [4.69, 9.17) is 9.15 Å². The Kier molecular flexibility index (Phi) is 6.25. The van der Waals surface area contributed by atoms with Crippen LogP contribution in [0.4, 0.5) is 0 Å². The second-order valence-electron chi connectivity index (χ2n) is 6.23. The van der Waals surface area contributed by atoms with E-state index in [2.05, 4.69) is 15.5 Å². The van der Waals surface area contributed by atoms with Crippen LogP contribution in [0.1, 0.15) is 34.1 Å². The van der Waals surface area contributed by atoms with E-state index in [9.17, 15) is 4.79 Å². The third-order valence-electron chi connectivity index (χ3n) is 2.89. The summed E-state index contributed by atoms with van der Waals surface area (Å²) in [7, 11) is 0. The predicted octanol–water partition coefficient (Wildman–Crippen LogP) is 3.53. The van der Waals surface area contributed by atoms with Crippen molar-refractivity contribution in [1.29, 1.82) is 0 Å². The molecule has 0 aliphatic heterocycles. The Bertz CT molecular complexity index is 662. The highest BCUT2D eigenvalue weighted by molar-refractivity contribution is 7.99. The molecule has 6 nitrogen and oxygen atoms in total. The Morgan fingerprint density at radius 3 is 2.58 bits per heavy atom. The molecule has 2 aromatic rings. The van der Waals surface area contributed by atoms with Crippen molar-refractivity contribution in [1.82, 2.24) is 15.5 Å². The fraction of sp³-hybridized carbons (Fsp3) is 0.471. The number of benzene rings is 1. The number of thioether (sulfide) groups is 1. The third kappa shape index (κ3) is 5.88. The summed E-state index contributed by atoms with van der Waals surface area (Å²) in [6.07, 6.45) is 0.405. The molecule has 0 spiro atoms. The summed E-state index contributed by atoms with van der Waals surface area (Å²) in [4.78, 5) is 11.8. The molecule has 1 amide bonds. The molecule has 0 aliphatic rings. The molecule has 24 heavy (non-hydrogen) atoms. The van der Waals surface area contributed by atoms with Crippen molar-refractivity contribution in [2.45, 2.75) is 44.9 Å². The van der Waals surface area contributed by atoms with Gasteiger partial charge in [0.05, 0.1) is 6.61 Å². The SMILES string of the molecule is CCOc1ccc(-c2nnc(SCCC(=O)NC(C)(C)C)o2)cc1. The number of carbonyl (C=O) groups excluding carboxylic acids is 1. The average molecular weight is 349 g/mol. The van der Waals surface area contributed by atoms with Crippen molar-refractivity contribution in [2.24, 2.45) is 0 Å². The first-order valence-electron chi connectivity index (χ1n) is 7.88. The zero-order valence-corrected chi connectivity index (χ0v) is 15.3. The van der Waals surface area contributed by atoms with E-state index in [1.807, 2.05) is 52.0 Å². The highest BCUT2D eigenvalue weighted by Crippen LogP contribution is 2.25. The summed E-state index contributed by atoms with van der Waals surface area (Å²) in [5, 5.41) is 11.4. The molecule has 0 unspecified atom stereocenters. The fourth-order valence-electron chi connectivity index (χ4n) is 1.96. The minimum absolute atomic E-state index is 0.0150. The lowest BCUT2D eigenvalue weighted by molar-refractivity contribution is -0.122. The summed E-state index contributed by atoms with van der Waals surface area (Å²) in [5.74, 6) is 1.87. The quantitative estimate of drug-likeness (QED) is 0.771. The van der Waals surface area contributed by atoms with Gasteiger partial charge < -0.3 is 14.5 Å². The number of carbonyl (C=O) groups is 1. The summed E-state index contributed by atoms with van der Waals surface area (Å²) in [6.45, 7) is 8.44. The van der Waals surface area contributed by atoms with Crippen LogP contribution in [0.15, 0.2) is 33.9 Å². The van der Waals surface area contributed by atoms with Gasteiger partial charge in [0.2, 0.25) is 11.8 Å². The molecule has 1 N–H and O–H groups in total. The van der Waals surface area contributed by atoms with Crippen LogP contribution in [-0.2, 0) is 4.79 Å². The first-order valence-corrected chi connectivity index (χ1v) is 8.86. The van der Waals surface area contributed by atoms with Gasteiger partial charge >= 0.3 is 0 Å². The number of ether oxygens (including phenoxy) is 1.